The van der Waals surface area contributed by atoms with Gasteiger partial charge in [-0.3, -0.25) is 9.69 Å². The van der Waals surface area contributed by atoms with Crippen LogP contribution < -0.4 is 10.6 Å². The zero-order valence-electron chi connectivity index (χ0n) is 13.7. The maximum atomic E-state index is 12.7. The number of rotatable bonds is 6. The van der Waals surface area contributed by atoms with Crippen molar-refractivity contribution in [3.63, 3.8) is 0 Å². The fourth-order valence-electron chi connectivity index (χ4n) is 2.45. The lowest BCUT2D eigenvalue weighted by Gasteiger charge is -2.33. The Morgan fingerprint density at radius 2 is 1.83 bits per heavy atom. The van der Waals surface area contributed by atoms with Crippen LogP contribution in [0, 0.1) is 0 Å². The number of nitrogens with zero attached hydrogens (tertiary/aromatic N) is 1. The Labute approximate surface area is 156 Å². The van der Waals surface area contributed by atoms with E-state index in [1.807, 2.05) is 49.1 Å². The molecule has 1 aliphatic heterocycles. The van der Waals surface area contributed by atoms with Crippen molar-refractivity contribution < 1.29 is 4.79 Å². The summed E-state index contributed by atoms with van der Waals surface area (Å²) in [5.74, 6) is 2.31. The van der Waals surface area contributed by atoms with Gasteiger partial charge in [-0.25, -0.2) is 0 Å². The van der Waals surface area contributed by atoms with E-state index in [4.69, 9.17) is 0 Å². The first-order valence-corrected chi connectivity index (χ1v) is 8.69. The molecule has 1 heterocycles. The number of carbonyl (C=O) groups is 1. The monoisotopic (exact) mass is 379 g/mol. The van der Waals surface area contributed by atoms with E-state index in [0.29, 0.717) is 6.54 Å². The van der Waals surface area contributed by atoms with Gasteiger partial charge in [0.1, 0.15) is 6.04 Å². The molecule has 4 nitrogen and oxygen atoms in total. The second-order valence-electron chi connectivity index (χ2n) is 5.40. The number of nitrogens with one attached hydrogen (secondary N) is 2. The first-order valence-electron chi connectivity index (χ1n) is 7.54. The van der Waals surface area contributed by atoms with Gasteiger partial charge < -0.3 is 10.6 Å². The molecular formula is C16H27Cl2N3OS. The summed E-state index contributed by atoms with van der Waals surface area (Å²) in [6, 6.07) is 10.2. The van der Waals surface area contributed by atoms with Crippen LogP contribution in [0.25, 0.3) is 0 Å². The van der Waals surface area contributed by atoms with Gasteiger partial charge in [-0.15, -0.1) is 24.8 Å². The van der Waals surface area contributed by atoms with E-state index >= 15 is 0 Å². The molecule has 0 aliphatic carbocycles. The van der Waals surface area contributed by atoms with Crippen molar-refractivity contribution in [2.75, 3.05) is 38.2 Å². The van der Waals surface area contributed by atoms with Crippen molar-refractivity contribution in [3.8, 4) is 0 Å². The first-order chi connectivity index (χ1) is 10.2. The molecule has 2 N–H and O–H groups in total. The average molecular weight is 380 g/mol. The molecule has 2 unspecified atom stereocenters. The van der Waals surface area contributed by atoms with Crippen molar-refractivity contribution in [2.24, 2.45) is 0 Å². The van der Waals surface area contributed by atoms with Crippen molar-refractivity contribution >= 4 is 42.5 Å². The number of likely N-dealkylation sites (N-methyl/N-ethyl adjacent to an activating group) is 1. The van der Waals surface area contributed by atoms with Gasteiger partial charge in [0.05, 0.1) is 0 Å². The van der Waals surface area contributed by atoms with Gasteiger partial charge in [0.2, 0.25) is 5.91 Å². The van der Waals surface area contributed by atoms with Crippen molar-refractivity contribution in [2.45, 2.75) is 19.0 Å². The molecule has 0 saturated carbocycles. The molecule has 0 spiro atoms. The van der Waals surface area contributed by atoms with Crippen LogP contribution in [-0.2, 0) is 4.79 Å². The van der Waals surface area contributed by atoms with Crippen molar-refractivity contribution in [3.05, 3.63) is 35.9 Å². The molecule has 0 bridgehead atoms. The van der Waals surface area contributed by atoms with E-state index in [-0.39, 0.29) is 42.8 Å². The molecule has 1 saturated heterocycles. The summed E-state index contributed by atoms with van der Waals surface area (Å²) in [4.78, 5) is 15.0. The SMILES string of the molecule is CNC(C)CNC(=O)C(c1ccccc1)N1CCSCC1.Cl.Cl. The summed E-state index contributed by atoms with van der Waals surface area (Å²) in [5, 5.41) is 6.23. The topological polar surface area (TPSA) is 44.4 Å². The maximum absolute atomic E-state index is 12.7. The van der Waals surface area contributed by atoms with Crippen molar-refractivity contribution in [1.29, 1.82) is 0 Å². The van der Waals surface area contributed by atoms with Crippen LogP contribution in [0.4, 0.5) is 0 Å². The molecule has 2 atom stereocenters. The van der Waals surface area contributed by atoms with E-state index in [1.54, 1.807) is 0 Å². The highest BCUT2D eigenvalue weighted by atomic mass is 35.5. The number of halogens is 2. The van der Waals surface area contributed by atoms with E-state index in [0.717, 1.165) is 30.2 Å². The summed E-state index contributed by atoms with van der Waals surface area (Å²) in [7, 11) is 1.91. The van der Waals surface area contributed by atoms with Gasteiger partial charge in [0.25, 0.3) is 0 Å². The van der Waals surface area contributed by atoms with Gasteiger partial charge in [-0.1, -0.05) is 30.3 Å². The van der Waals surface area contributed by atoms with Crippen LogP contribution >= 0.6 is 36.6 Å². The average Bonchev–Trinajstić information content (AvgIpc) is 2.55. The van der Waals surface area contributed by atoms with E-state index in [9.17, 15) is 4.79 Å². The zero-order valence-corrected chi connectivity index (χ0v) is 16.1. The molecule has 0 aromatic heterocycles. The molecule has 23 heavy (non-hydrogen) atoms. The third-order valence-corrected chi connectivity index (χ3v) is 4.79. The summed E-state index contributed by atoms with van der Waals surface area (Å²) in [6.45, 7) is 4.66. The molecule has 1 aliphatic rings. The largest absolute Gasteiger partial charge is 0.353 e. The Bertz CT molecular complexity index is 444. The molecule has 132 valence electrons. The van der Waals surface area contributed by atoms with Gasteiger partial charge >= 0.3 is 0 Å². The minimum absolute atomic E-state index is 0. The fraction of sp³-hybridized carbons (Fsp3) is 0.562. The van der Waals surface area contributed by atoms with Crippen LogP contribution in [0.1, 0.15) is 18.5 Å². The molecular weight excluding hydrogens is 353 g/mol. The molecule has 1 aromatic rings. The van der Waals surface area contributed by atoms with E-state index in [2.05, 4.69) is 22.5 Å². The minimum Gasteiger partial charge on any atom is -0.353 e. The normalized spacial score (nSPS) is 17.3. The minimum atomic E-state index is -0.170. The molecule has 1 aromatic carbocycles. The summed E-state index contributed by atoms with van der Waals surface area (Å²) in [6.07, 6.45) is 0. The van der Waals surface area contributed by atoms with E-state index in [1.165, 1.54) is 0 Å². The zero-order chi connectivity index (χ0) is 15.1. The van der Waals surface area contributed by atoms with Crippen LogP contribution in [0.15, 0.2) is 30.3 Å². The van der Waals surface area contributed by atoms with Gasteiger partial charge in [0, 0.05) is 37.2 Å². The first kappa shape index (κ1) is 22.5. The second-order valence-corrected chi connectivity index (χ2v) is 6.62. The second kappa shape index (κ2) is 12.0. The summed E-state index contributed by atoms with van der Waals surface area (Å²) in [5.41, 5.74) is 1.08. The van der Waals surface area contributed by atoms with Crippen molar-refractivity contribution in [1.82, 2.24) is 15.5 Å². The molecule has 0 radical (unpaired) electrons. The highest BCUT2D eigenvalue weighted by Crippen LogP contribution is 2.24. The van der Waals surface area contributed by atoms with Gasteiger partial charge in [-0.2, -0.15) is 11.8 Å². The lowest BCUT2D eigenvalue weighted by molar-refractivity contribution is -0.126. The third-order valence-electron chi connectivity index (χ3n) is 3.85. The maximum Gasteiger partial charge on any atom is 0.242 e. The number of benzene rings is 1. The Hall–Kier alpha value is -0.460. The predicted octanol–water partition coefficient (Wildman–Crippen LogP) is 2.34. The number of amides is 1. The number of thioether (sulfide) groups is 1. The highest BCUT2D eigenvalue weighted by molar-refractivity contribution is 7.99. The fourth-order valence-corrected chi connectivity index (χ4v) is 3.38. The number of hydrogen-bond acceptors (Lipinski definition) is 4. The number of carbonyl (C=O) groups excluding carboxylic acids is 1. The van der Waals surface area contributed by atoms with Crippen LogP contribution in [0.5, 0.6) is 0 Å². The predicted molar refractivity (Wildman–Crippen MR) is 104 cm³/mol. The smallest absolute Gasteiger partial charge is 0.242 e. The van der Waals surface area contributed by atoms with E-state index < -0.39 is 0 Å². The Kier molecular flexibility index (Phi) is 11.7. The summed E-state index contributed by atoms with van der Waals surface area (Å²) < 4.78 is 0. The van der Waals surface area contributed by atoms with Crippen LogP contribution in [-0.4, -0.2) is 55.0 Å². The Balaban J connectivity index is 0.00000242. The molecule has 7 heteroatoms. The quantitative estimate of drug-likeness (QED) is 0.795. The summed E-state index contributed by atoms with van der Waals surface area (Å²) >= 11 is 1.96. The van der Waals surface area contributed by atoms with Crippen LogP contribution in [0.3, 0.4) is 0 Å². The lowest BCUT2D eigenvalue weighted by atomic mass is 10.0. The van der Waals surface area contributed by atoms with Gasteiger partial charge in [0.15, 0.2) is 0 Å². The lowest BCUT2D eigenvalue weighted by Crippen LogP contribution is -2.46. The third kappa shape index (κ3) is 6.89. The Morgan fingerprint density at radius 1 is 1.22 bits per heavy atom. The molecule has 2 rings (SSSR count). The number of hydrogen-bond donors (Lipinski definition) is 2. The molecule has 1 fully saturated rings. The Morgan fingerprint density at radius 3 is 2.39 bits per heavy atom. The standard InChI is InChI=1S/C16H25N3OS.2ClH/c1-13(17-2)12-18-16(20)15(14-6-4-3-5-7-14)19-8-10-21-11-9-19;;/h3-7,13,15,17H,8-12H2,1-2H3,(H,18,20);2*1H. The highest BCUT2D eigenvalue weighted by Gasteiger charge is 2.28. The van der Waals surface area contributed by atoms with Crippen LogP contribution in [0.2, 0.25) is 0 Å². The molecule has 1 amide bonds. The van der Waals surface area contributed by atoms with Gasteiger partial charge in [-0.05, 0) is 19.5 Å².